The van der Waals surface area contributed by atoms with E-state index in [0.717, 1.165) is 22.6 Å². The van der Waals surface area contributed by atoms with Crippen molar-refractivity contribution in [3.05, 3.63) is 94.9 Å². The average Bonchev–Trinajstić information content (AvgIpc) is 3.35. The Hall–Kier alpha value is -4.43. The first-order valence-electron chi connectivity index (χ1n) is 11.7. The third kappa shape index (κ3) is 5.24. The summed E-state index contributed by atoms with van der Waals surface area (Å²) in [6.45, 7) is 2.08. The van der Waals surface area contributed by atoms with Gasteiger partial charge in [-0.05, 0) is 42.8 Å². The monoisotopic (exact) mass is 511 g/mol. The maximum Gasteiger partial charge on any atom is 0.262 e. The minimum Gasteiger partial charge on any atom is -0.497 e. The van der Waals surface area contributed by atoms with Gasteiger partial charge in [0.15, 0.2) is 5.13 Å². The Balaban J connectivity index is 1.59. The van der Waals surface area contributed by atoms with Crippen molar-refractivity contribution in [3.63, 3.8) is 0 Å². The first kappa shape index (κ1) is 24.3. The molecule has 3 aromatic carbocycles. The van der Waals surface area contributed by atoms with Crippen molar-refractivity contribution in [2.24, 2.45) is 4.99 Å². The second-order valence-electron chi connectivity index (χ2n) is 8.15. The molecular formula is C29H25N3O4S. The number of amides is 1. The Labute approximate surface area is 218 Å². The number of thiazole rings is 1. The summed E-state index contributed by atoms with van der Waals surface area (Å²) in [5, 5.41) is 4.19. The summed E-state index contributed by atoms with van der Waals surface area (Å²) in [4.78, 5) is 24.0. The van der Waals surface area contributed by atoms with Crippen LogP contribution in [0.3, 0.4) is 0 Å². The van der Waals surface area contributed by atoms with Crippen LogP contribution in [0.2, 0.25) is 0 Å². The number of hydrogen-bond acceptors (Lipinski definition) is 7. The highest BCUT2D eigenvalue weighted by Gasteiger charge is 2.18. The van der Waals surface area contributed by atoms with Crippen LogP contribution in [0.25, 0.3) is 22.2 Å². The van der Waals surface area contributed by atoms with Crippen molar-refractivity contribution >= 4 is 39.0 Å². The summed E-state index contributed by atoms with van der Waals surface area (Å²) >= 11 is 1.46. The summed E-state index contributed by atoms with van der Waals surface area (Å²) in [5.41, 5.74) is 3.51. The van der Waals surface area contributed by atoms with Crippen molar-refractivity contribution in [2.75, 3.05) is 19.5 Å². The summed E-state index contributed by atoms with van der Waals surface area (Å²) in [6.07, 6.45) is 0.805. The first-order valence-corrected chi connectivity index (χ1v) is 12.6. The van der Waals surface area contributed by atoms with Gasteiger partial charge in [0.2, 0.25) is 5.55 Å². The van der Waals surface area contributed by atoms with E-state index >= 15 is 0 Å². The van der Waals surface area contributed by atoms with Gasteiger partial charge in [0.1, 0.15) is 22.6 Å². The van der Waals surface area contributed by atoms with Crippen LogP contribution < -0.4 is 20.3 Å². The van der Waals surface area contributed by atoms with Crippen LogP contribution in [-0.2, 0) is 6.42 Å². The van der Waals surface area contributed by atoms with Crippen LogP contribution in [-0.4, -0.2) is 25.1 Å². The normalized spacial score (nSPS) is 11.5. The van der Waals surface area contributed by atoms with E-state index in [4.69, 9.17) is 18.9 Å². The largest absolute Gasteiger partial charge is 0.497 e. The number of anilines is 1. The molecule has 0 unspecified atom stereocenters. The fourth-order valence-electron chi connectivity index (χ4n) is 3.91. The SMILES string of the molecule is CCc1sc(NC(=O)c2cc3cc(OC)ccc3oc2=Nc2cccc(OC)c2)nc1-c1ccccc1. The molecular weight excluding hydrogens is 486 g/mol. The number of benzene rings is 3. The van der Waals surface area contributed by atoms with E-state index in [1.165, 1.54) is 11.3 Å². The zero-order valence-corrected chi connectivity index (χ0v) is 21.5. The number of methoxy groups -OCH3 is 2. The van der Waals surface area contributed by atoms with Gasteiger partial charge in [-0.2, -0.15) is 0 Å². The number of nitrogens with one attached hydrogen (secondary N) is 1. The van der Waals surface area contributed by atoms with Crippen molar-refractivity contribution in [2.45, 2.75) is 13.3 Å². The quantitative estimate of drug-likeness (QED) is 0.265. The molecule has 5 rings (SSSR count). The molecule has 0 radical (unpaired) electrons. The van der Waals surface area contributed by atoms with Crippen molar-refractivity contribution < 1.29 is 18.7 Å². The summed E-state index contributed by atoms with van der Waals surface area (Å²) < 4.78 is 16.8. The number of hydrogen-bond donors (Lipinski definition) is 1. The second-order valence-corrected chi connectivity index (χ2v) is 9.23. The van der Waals surface area contributed by atoms with E-state index in [1.807, 2.05) is 54.6 Å². The van der Waals surface area contributed by atoms with Crippen molar-refractivity contribution in [1.82, 2.24) is 4.98 Å². The molecule has 0 atom stereocenters. The molecule has 2 heterocycles. The zero-order chi connectivity index (χ0) is 25.8. The van der Waals surface area contributed by atoms with Gasteiger partial charge in [0.05, 0.1) is 25.6 Å². The van der Waals surface area contributed by atoms with Gasteiger partial charge < -0.3 is 13.9 Å². The molecule has 0 spiro atoms. The van der Waals surface area contributed by atoms with E-state index in [-0.39, 0.29) is 17.0 Å². The van der Waals surface area contributed by atoms with Crippen LogP contribution in [0.5, 0.6) is 11.5 Å². The number of fused-ring (bicyclic) bond motifs is 1. The standard InChI is InChI=1S/C29H25N3O4S/c1-4-25-26(18-9-6-5-7-10-18)31-29(37-25)32-27(33)23-16-19-15-22(35-3)13-14-24(19)36-28(23)30-20-11-8-12-21(17-20)34-2/h5-17H,4H2,1-3H3,(H,31,32,33). The fraction of sp³-hybridized carbons (Fsp3) is 0.138. The van der Waals surface area contributed by atoms with Gasteiger partial charge in [0.25, 0.3) is 5.91 Å². The number of rotatable bonds is 7. The molecule has 5 aromatic rings. The highest BCUT2D eigenvalue weighted by Crippen LogP contribution is 2.32. The highest BCUT2D eigenvalue weighted by atomic mass is 32.1. The lowest BCUT2D eigenvalue weighted by molar-refractivity contribution is 0.102. The number of nitrogens with zero attached hydrogens (tertiary/aromatic N) is 2. The van der Waals surface area contributed by atoms with E-state index in [2.05, 4.69) is 17.2 Å². The predicted octanol–water partition coefficient (Wildman–Crippen LogP) is 6.62. The first-order chi connectivity index (χ1) is 18.1. The average molecular weight is 512 g/mol. The predicted molar refractivity (Wildman–Crippen MR) is 146 cm³/mol. The molecule has 0 aliphatic carbocycles. The number of aromatic nitrogens is 1. The molecule has 0 saturated heterocycles. The van der Waals surface area contributed by atoms with E-state index in [1.54, 1.807) is 38.5 Å². The summed E-state index contributed by atoms with van der Waals surface area (Å²) in [6, 6.07) is 24.4. The lowest BCUT2D eigenvalue weighted by Crippen LogP contribution is -2.21. The Morgan fingerprint density at radius 3 is 2.51 bits per heavy atom. The van der Waals surface area contributed by atoms with Gasteiger partial charge in [-0.25, -0.2) is 9.98 Å². The van der Waals surface area contributed by atoms with E-state index in [9.17, 15) is 4.79 Å². The number of aryl methyl sites for hydroxylation is 1. The molecule has 7 nitrogen and oxygen atoms in total. The summed E-state index contributed by atoms with van der Waals surface area (Å²) in [7, 11) is 3.19. The number of carbonyl (C=O) groups excluding carboxylic acids is 1. The van der Waals surface area contributed by atoms with Gasteiger partial charge >= 0.3 is 0 Å². The van der Waals surface area contributed by atoms with Crippen LogP contribution in [0, 0.1) is 0 Å². The summed E-state index contributed by atoms with van der Waals surface area (Å²) in [5.74, 6) is 0.943. The molecule has 1 amide bonds. The highest BCUT2D eigenvalue weighted by molar-refractivity contribution is 7.16. The minimum atomic E-state index is -0.369. The third-order valence-corrected chi connectivity index (χ3v) is 6.88. The lowest BCUT2D eigenvalue weighted by atomic mass is 10.1. The Bertz CT molecular complexity index is 1640. The van der Waals surface area contributed by atoms with E-state index < -0.39 is 0 Å². The molecule has 1 N–H and O–H groups in total. The van der Waals surface area contributed by atoms with Crippen LogP contribution in [0.4, 0.5) is 10.8 Å². The van der Waals surface area contributed by atoms with Gasteiger partial charge in [-0.1, -0.05) is 43.3 Å². The minimum absolute atomic E-state index is 0.180. The van der Waals surface area contributed by atoms with Gasteiger partial charge in [-0.3, -0.25) is 10.1 Å². The maximum atomic E-state index is 13.6. The zero-order valence-electron chi connectivity index (χ0n) is 20.6. The Morgan fingerprint density at radius 1 is 0.973 bits per heavy atom. The van der Waals surface area contributed by atoms with Gasteiger partial charge in [0, 0.05) is 21.9 Å². The molecule has 37 heavy (non-hydrogen) atoms. The molecule has 2 aromatic heterocycles. The topological polar surface area (TPSA) is 86.0 Å². The molecule has 8 heteroatoms. The molecule has 0 aliphatic heterocycles. The second kappa shape index (κ2) is 10.7. The van der Waals surface area contributed by atoms with Crippen molar-refractivity contribution in [1.29, 1.82) is 0 Å². The maximum absolute atomic E-state index is 13.6. The fourth-order valence-corrected chi connectivity index (χ4v) is 4.83. The Morgan fingerprint density at radius 2 is 1.76 bits per heavy atom. The van der Waals surface area contributed by atoms with Crippen molar-refractivity contribution in [3.8, 4) is 22.8 Å². The van der Waals surface area contributed by atoms with Crippen LogP contribution in [0.15, 0.2) is 88.3 Å². The molecule has 186 valence electrons. The lowest BCUT2D eigenvalue weighted by Gasteiger charge is -2.07. The number of ether oxygens (including phenoxy) is 2. The molecule has 0 fully saturated rings. The third-order valence-electron chi connectivity index (χ3n) is 5.77. The van der Waals surface area contributed by atoms with Gasteiger partial charge in [-0.15, -0.1) is 11.3 Å². The van der Waals surface area contributed by atoms with Crippen LogP contribution >= 0.6 is 11.3 Å². The Kier molecular flexibility index (Phi) is 7.00. The number of carbonyl (C=O) groups is 1. The smallest absolute Gasteiger partial charge is 0.262 e. The van der Waals surface area contributed by atoms with Crippen LogP contribution in [0.1, 0.15) is 22.2 Å². The molecule has 0 saturated carbocycles. The molecule has 0 aliphatic rings. The molecule has 0 bridgehead atoms. The van der Waals surface area contributed by atoms with E-state index in [0.29, 0.717) is 33.3 Å².